The van der Waals surface area contributed by atoms with Gasteiger partial charge in [-0.05, 0) is 6.04 Å². The molecule has 0 spiro atoms. The third-order valence-corrected chi connectivity index (χ3v) is 12.4. The molecule has 0 saturated carbocycles. The number of rotatable bonds is 14. The molecule has 0 unspecified atom stereocenters. The summed E-state index contributed by atoms with van der Waals surface area (Å²) in [5.74, 6) is 0. The predicted octanol–water partition coefficient (Wildman–Crippen LogP) is 3.50. The highest BCUT2D eigenvalue weighted by molar-refractivity contribution is 6.83. The molecular weight excluding hydrogens is 304 g/mol. The third kappa shape index (κ3) is 7.36. The van der Waals surface area contributed by atoms with Crippen LogP contribution in [0.4, 0.5) is 0 Å². The normalized spacial score (nSPS) is 12.9. The Morgan fingerprint density at radius 2 is 1.10 bits per heavy atom. The predicted molar refractivity (Wildman–Crippen MR) is 89.5 cm³/mol. The SMILES string of the molecule is CCCCCCCC[Si](C[Si](OC)(OC)OC)(OC)OC. The summed E-state index contributed by atoms with van der Waals surface area (Å²) in [4.78, 5) is 0. The zero-order valence-corrected chi connectivity index (χ0v) is 16.7. The van der Waals surface area contributed by atoms with Gasteiger partial charge in [0.1, 0.15) is 0 Å². The quantitative estimate of drug-likeness (QED) is 0.358. The van der Waals surface area contributed by atoms with Crippen molar-refractivity contribution in [2.45, 2.75) is 57.2 Å². The molecule has 0 radical (unpaired) electrons. The molecule has 0 rings (SSSR count). The molecule has 0 amide bonds. The Kier molecular flexibility index (Phi) is 11.9. The average molecular weight is 339 g/mol. The van der Waals surface area contributed by atoms with Gasteiger partial charge < -0.3 is 22.1 Å². The molecule has 0 N–H and O–H groups in total. The van der Waals surface area contributed by atoms with Crippen molar-refractivity contribution in [2.75, 3.05) is 35.5 Å². The van der Waals surface area contributed by atoms with E-state index in [9.17, 15) is 0 Å². The van der Waals surface area contributed by atoms with E-state index >= 15 is 0 Å². The molecule has 0 aromatic carbocycles. The molecule has 0 saturated heterocycles. The van der Waals surface area contributed by atoms with E-state index in [0.717, 1.165) is 12.5 Å². The summed E-state index contributed by atoms with van der Waals surface area (Å²) >= 11 is 0. The minimum atomic E-state index is -2.66. The summed E-state index contributed by atoms with van der Waals surface area (Å²) in [6.45, 7) is 2.23. The van der Waals surface area contributed by atoms with Gasteiger partial charge in [0.25, 0.3) is 0 Å². The van der Waals surface area contributed by atoms with Crippen LogP contribution in [0.1, 0.15) is 45.4 Å². The summed E-state index contributed by atoms with van der Waals surface area (Å²) in [5, 5.41) is 0. The molecule has 0 bridgehead atoms. The zero-order chi connectivity index (χ0) is 16.2. The van der Waals surface area contributed by atoms with E-state index in [2.05, 4.69) is 6.92 Å². The molecular formula is C14H34O5Si2. The lowest BCUT2D eigenvalue weighted by atomic mass is 10.1. The zero-order valence-electron chi connectivity index (χ0n) is 14.7. The first-order valence-electron chi connectivity index (χ1n) is 7.83. The van der Waals surface area contributed by atoms with Gasteiger partial charge in [-0.1, -0.05) is 45.4 Å². The molecule has 0 aromatic heterocycles. The van der Waals surface area contributed by atoms with E-state index in [1.165, 1.54) is 32.1 Å². The second-order valence-corrected chi connectivity index (χ2v) is 12.5. The molecule has 0 aliphatic rings. The standard InChI is InChI=1S/C14H34O5Si2/c1-7-8-9-10-11-12-13-20(15-2,16-3)14-21(17-4,18-5)19-6/h7-14H2,1-6H3. The largest absolute Gasteiger partial charge is 0.502 e. The smallest absolute Gasteiger partial charge is 0.398 e. The van der Waals surface area contributed by atoms with Crippen molar-refractivity contribution >= 4 is 17.4 Å². The molecule has 21 heavy (non-hydrogen) atoms. The second-order valence-electron chi connectivity index (χ2n) is 5.31. The summed E-state index contributed by atoms with van der Waals surface area (Å²) in [6.07, 6.45) is 7.55. The Bertz CT molecular complexity index is 237. The van der Waals surface area contributed by atoms with Crippen LogP contribution in [0.25, 0.3) is 0 Å². The Hall–Kier alpha value is 0.234. The van der Waals surface area contributed by atoms with Crippen LogP contribution < -0.4 is 0 Å². The molecule has 0 atom stereocenters. The fourth-order valence-corrected chi connectivity index (χ4v) is 10.6. The lowest BCUT2D eigenvalue weighted by Crippen LogP contribution is -2.54. The Balaban J connectivity index is 4.47. The Labute approximate surface area is 132 Å². The van der Waals surface area contributed by atoms with E-state index in [1.807, 2.05) is 0 Å². The van der Waals surface area contributed by atoms with E-state index in [0.29, 0.717) is 5.67 Å². The maximum Gasteiger partial charge on any atom is 0.502 e. The van der Waals surface area contributed by atoms with Crippen molar-refractivity contribution in [3.63, 3.8) is 0 Å². The maximum absolute atomic E-state index is 5.79. The van der Waals surface area contributed by atoms with Crippen molar-refractivity contribution in [3.05, 3.63) is 0 Å². The number of hydrogen-bond acceptors (Lipinski definition) is 5. The lowest BCUT2D eigenvalue weighted by Gasteiger charge is -2.34. The fourth-order valence-electron chi connectivity index (χ4n) is 2.49. The molecule has 0 fully saturated rings. The van der Waals surface area contributed by atoms with E-state index in [4.69, 9.17) is 22.1 Å². The summed E-state index contributed by atoms with van der Waals surface area (Å²) in [6, 6.07) is 0.955. The van der Waals surface area contributed by atoms with Crippen molar-refractivity contribution in [1.29, 1.82) is 0 Å². The molecule has 0 heterocycles. The van der Waals surface area contributed by atoms with Gasteiger partial charge >= 0.3 is 17.4 Å². The fraction of sp³-hybridized carbons (Fsp3) is 1.00. The van der Waals surface area contributed by atoms with Crippen LogP contribution in [0, 0.1) is 0 Å². The second kappa shape index (κ2) is 11.8. The van der Waals surface area contributed by atoms with Crippen molar-refractivity contribution in [2.24, 2.45) is 0 Å². The first-order valence-corrected chi connectivity index (χ1v) is 12.0. The molecule has 0 aliphatic heterocycles. The van der Waals surface area contributed by atoms with Crippen LogP contribution in [-0.2, 0) is 22.1 Å². The summed E-state index contributed by atoms with van der Waals surface area (Å²) in [5.41, 5.74) is 0.630. The van der Waals surface area contributed by atoms with Gasteiger partial charge in [-0.15, -0.1) is 0 Å². The van der Waals surface area contributed by atoms with Crippen LogP contribution in [0.2, 0.25) is 11.7 Å². The summed E-state index contributed by atoms with van der Waals surface area (Å²) in [7, 11) is 3.37. The molecule has 0 aliphatic carbocycles. The molecule has 0 aromatic rings. The van der Waals surface area contributed by atoms with Crippen molar-refractivity contribution < 1.29 is 22.1 Å². The highest BCUT2D eigenvalue weighted by atomic mass is 28.4. The van der Waals surface area contributed by atoms with Gasteiger partial charge in [0, 0.05) is 35.5 Å². The van der Waals surface area contributed by atoms with Crippen molar-refractivity contribution in [1.82, 2.24) is 0 Å². The number of hydrogen-bond donors (Lipinski definition) is 0. The van der Waals surface area contributed by atoms with E-state index in [1.54, 1.807) is 35.5 Å². The average Bonchev–Trinajstić information content (AvgIpc) is 2.54. The highest BCUT2D eigenvalue weighted by Crippen LogP contribution is 2.28. The number of unbranched alkanes of at least 4 members (excludes halogenated alkanes) is 5. The van der Waals surface area contributed by atoms with Gasteiger partial charge in [0.15, 0.2) is 0 Å². The Morgan fingerprint density at radius 1 is 0.619 bits per heavy atom. The minimum absolute atomic E-state index is 0.630. The van der Waals surface area contributed by atoms with Gasteiger partial charge in [0.2, 0.25) is 0 Å². The molecule has 5 nitrogen and oxygen atoms in total. The molecule has 7 heteroatoms. The van der Waals surface area contributed by atoms with E-state index in [-0.39, 0.29) is 0 Å². The van der Waals surface area contributed by atoms with Crippen LogP contribution in [0.3, 0.4) is 0 Å². The van der Waals surface area contributed by atoms with Crippen LogP contribution in [-0.4, -0.2) is 52.9 Å². The van der Waals surface area contributed by atoms with Crippen LogP contribution in [0.15, 0.2) is 0 Å². The van der Waals surface area contributed by atoms with Crippen LogP contribution >= 0.6 is 0 Å². The van der Waals surface area contributed by atoms with Crippen LogP contribution in [0.5, 0.6) is 0 Å². The van der Waals surface area contributed by atoms with Gasteiger partial charge in [-0.25, -0.2) is 0 Å². The van der Waals surface area contributed by atoms with E-state index < -0.39 is 17.4 Å². The lowest BCUT2D eigenvalue weighted by molar-refractivity contribution is 0.122. The third-order valence-electron chi connectivity index (χ3n) is 4.07. The summed E-state index contributed by atoms with van der Waals surface area (Å²) < 4.78 is 28.1. The first kappa shape index (κ1) is 21.2. The maximum atomic E-state index is 5.79. The van der Waals surface area contributed by atoms with Gasteiger partial charge in [-0.3, -0.25) is 0 Å². The minimum Gasteiger partial charge on any atom is -0.398 e. The highest BCUT2D eigenvalue weighted by Gasteiger charge is 2.51. The topological polar surface area (TPSA) is 46.2 Å². The first-order chi connectivity index (χ1) is 10.1. The molecule has 128 valence electrons. The van der Waals surface area contributed by atoms with Crippen molar-refractivity contribution in [3.8, 4) is 0 Å². The Morgan fingerprint density at radius 3 is 1.52 bits per heavy atom. The van der Waals surface area contributed by atoms with Gasteiger partial charge in [0.05, 0.1) is 5.67 Å². The monoisotopic (exact) mass is 338 g/mol. The van der Waals surface area contributed by atoms with Gasteiger partial charge in [-0.2, -0.15) is 0 Å².